The molecule has 3 rings (SSSR count). The minimum Gasteiger partial charge on any atom is -0.488 e. The average Bonchev–Trinajstić information content (AvgIpc) is 2.75. The van der Waals surface area contributed by atoms with Crippen LogP contribution in [-0.4, -0.2) is 18.0 Å². The Balaban J connectivity index is 1.53. The molecule has 0 unspecified atom stereocenters. The Bertz CT molecular complexity index is 1130. The molecular formula is C24H21Cl2N3O3. The van der Waals surface area contributed by atoms with Crippen LogP contribution in [0.3, 0.4) is 0 Å². The van der Waals surface area contributed by atoms with Crippen LogP contribution >= 0.6 is 23.2 Å². The van der Waals surface area contributed by atoms with Gasteiger partial charge in [-0.15, -0.1) is 0 Å². The van der Waals surface area contributed by atoms with Gasteiger partial charge in [-0.05, 0) is 43.3 Å². The van der Waals surface area contributed by atoms with Crippen molar-refractivity contribution in [3.05, 3.63) is 93.5 Å². The van der Waals surface area contributed by atoms with Crippen LogP contribution < -0.4 is 15.5 Å². The highest BCUT2D eigenvalue weighted by molar-refractivity contribution is 6.35. The van der Waals surface area contributed by atoms with E-state index in [9.17, 15) is 9.59 Å². The Hall–Kier alpha value is -3.35. The minimum absolute atomic E-state index is 0.242. The summed E-state index contributed by atoms with van der Waals surface area (Å²) in [5.74, 6) is -0.393. The Labute approximate surface area is 196 Å². The first-order valence-corrected chi connectivity index (χ1v) is 10.5. The Morgan fingerprint density at radius 3 is 2.50 bits per heavy atom. The predicted molar refractivity (Wildman–Crippen MR) is 127 cm³/mol. The van der Waals surface area contributed by atoms with Crippen molar-refractivity contribution in [3.8, 4) is 5.75 Å². The fourth-order valence-electron chi connectivity index (χ4n) is 2.71. The lowest BCUT2D eigenvalue weighted by molar-refractivity contribution is -0.126. The van der Waals surface area contributed by atoms with Gasteiger partial charge in [0.1, 0.15) is 18.8 Å². The molecule has 3 aromatic rings. The number of ether oxygens (including phenoxy) is 1. The number of hydrogen-bond acceptors (Lipinski definition) is 4. The number of nitrogens with zero attached hydrogens (tertiary/aromatic N) is 1. The smallest absolute Gasteiger partial charge is 0.249 e. The summed E-state index contributed by atoms with van der Waals surface area (Å²) in [7, 11) is 0. The van der Waals surface area contributed by atoms with E-state index >= 15 is 0 Å². The van der Waals surface area contributed by atoms with Crippen molar-refractivity contribution in [2.45, 2.75) is 20.0 Å². The number of benzene rings is 3. The number of hydrogen-bond donors (Lipinski definition) is 2. The summed E-state index contributed by atoms with van der Waals surface area (Å²) in [5.41, 5.74) is 5.50. The predicted octanol–water partition coefficient (Wildman–Crippen LogP) is 5.36. The van der Waals surface area contributed by atoms with Gasteiger partial charge in [-0.1, -0.05) is 59.1 Å². The molecule has 3 aromatic carbocycles. The van der Waals surface area contributed by atoms with E-state index in [0.29, 0.717) is 27.0 Å². The van der Waals surface area contributed by atoms with E-state index < -0.39 is 11.8 Å². The number of para-hydroxylation sites is 1. The minimum atomic E-state index is -0.530. The third kappa shape index (κ3) is 7.11. The largest absolute Gasteiger partial charge is 0.488 e. The van der Waals surface area contributed by atoms with E-state index in [1.165, 1.54) is 6.21 Å². The number of rotatable bonds is 8. The first kappa shape index (κ1) is 23.3. The second-order valence-electron chi connectivity index (χ2n) is 6.95. The molecule has 0 heterocycles. The lowest BCUT2D eigenvalue weighted by Crippen LogP contribution is -2.24. The number of carbonyl (C=O) groups is 2. The van der Waals surface area contributed by atoms with Gasteiger partial charge in [0.05, 0.1) is 6.21 Å². The van der Waals surface area contributed by atoms with Crippen molar-refractivity contribution in [1.82, 2.24) is 5.43 Å². The molecule has 0 atom stereocenters. The quantitative estimate of drug-likeness (QED) is 0.264. The van der Waals surface area contributed by atoms with E-state index in [0.717, 1.165) is 11.1 Å². The topological polar surface area (TPSA) is 79.8 Å². The van der Waals surface area contributed by atoms with E-state index in [-0.39, 0.29) is 13.0 Å². The van der Waals surface area contributed by atoms with E-state index in [4.69, 9.17) is 27.9 Å². The van der Waals surface area contributed by atoms with Crippen molar-refractivity contribution >= 4 is 46.9 Å². The molecule has 0 saturated carbocycles. The van der Waals surface area contributed by atoms with Crippen molar-refractivity contribution in [1.29, 1.82) is 0 Å². The van der Waals surface area contributed by atoms with Crippen LogP contribution in [0.25, 0.3) is 0 Å². The van der Waals surface area contributed by atoms with Gasteiger partial charge < -0.3 is 10.1 Å². The molecule has 2 N–H and O–H groups in total. The third-order valence-electron chi connectivity index (χ3n) is 4.37. The molecule has 0 bridgehead atoms. The molecule has 0 saturated heterocycles. The van der Waals surface area contributed by atoms with Crippen LogP contribution in [0.15, 0.2) is 71.8 Å². The lowest BCUT2D eigenvalue weighted by Gasteiger charge is -2.10. The lowest BCUT2D eigenvalue weighted by atomic mass is 10.2. The highest BCUT2D eigenvalue weighted by Gasteiger charge is 2.09. The molecule has 32 heavy (non-hydrogen) atoms. The summed E-state index contributed by atoms with van der Waals surface area (Å²) in [6, 6.07) is 19.7. The number of aryl methyl sites for hydroxylation is 1. The van der Waals surface area contributed by atoms with Crippen LogP contribution in [0, 0.1) is 6.92 Å². The average molecular weight is 470 g/mol. The maximum Gasteiger partial charge on any atom is 0.249 e. The Morgan fingerprint density at radius 2 is 1.75 bits per heavy atom. The fourth-order valence-corrected chi connectivity index (χ4v) is 3.18. The summed E-state index contributed by atoms with van der Waals surface area (Å²) >= 11 is 12.1. The number of anilines is 1. The Kier molecular flexibility index (Phi) is 8.25. The van der Waals surface area contributed by atoms with Gasteiger partial charge in [-0.3, -0.25) is 9.59 Å². The van der Waals surface area contributed by atoms with Crippen molar-refractivity contribution in [2.24, 2.45) is 5.10 Å². The zero-order valence-electron chi connectivity index (χ0n) is 17.3. The highest BCUT2D eigenvalue weighted by atomic mass is 35.5. The zero-order chi connectivity index (χ0) is 22.9. The molecule has 0 aromatic heterocycles. The summed E-state index contributed by atoms with van der Waals surface area (Å²) < 4.78 is 5.85. The van der Waals surface area contributed by atoms with Crippen LogP contribution in [0.5, 0.6) is 5.75 Å². The van der Waals surface area contributed by atoms with Crippen LogP contribution in [0.4, 0.5) is 5.69 Å². The van der Waals surface area contributed by atoms with Gasteiger partial charge in [0.15, 0.2) is 0 Å². The molecule has 0 fully saturated rings. The molecule has 0 aliphatic rings. The van der Waals surface area contributed by atoms with Gasteiger partial charge >= 0.3 is 0 Å². The SMILES string of the molecule is Cc1ccc(NC(=O)CC(=O)NN=Cc2ccccc2OCc2ccc(Cl)cc2Cl)cc1. The first-order chi connectivity index (χ1) is 15.4. The Morgan fingerprint density at radius 1 is 1.00 bits per heavy atom. The summed E-state index contributed by atoms with van der Waals surface area (Å²) in [6.07, 6.45) is 1.10. The molecule has 8 heteroatoms. The summed E-state index contributed by atoms with van der Waals surface area (Å²) in [6.45, 7) is 2.19. The third-order valence-corrected chi connectivity index (χ3v) is 4.95. The van der Waals surface area contributed by atoms with Crippen LogP contribution in [0.2, 0.25) is 10.0 Å². The summed E-state index contributed by atoms with van der Waals surface area (Å²) in [5, 5.41) is 7.66. The maximum atomic E-state index is 12.0. The zero-order valence-corrected chi connectivity index (χ0v) is 18.8. The van der Waals surface area contributed by atoms with Gasteiger partial charge in [0.25, 0.3) is 0 Å². The molecule has 0 radical (unpaired) electrons. The maximum absolute atomic E-state index is 12.0. The van der Waals surface area contributed by atoms with E-state index in [2.05, 4.69) is 15.8 Å². The van der Waals surface area contributed by atoms with Gasteiger partial charge in [-0.25, -0.2) is 5.43 Å². The van der Waals surface area contributed by atoms with Gasteiger partial charge in [0.2, 0.25) is 11.8 Å². The number of hydrazone groups is 1. The van der Waals surface area contributed by atoms with Crippen molar-refractivity contribution in [2.75, 3.05) is 5.32 Å². The second-order valence-corrected chi connectivity index (χ2v) is 7.79. The van der Waals surface area contributed by atoms with E-state index in [1.807, 2.05) is 31.2 Å². The van der Waals surface area contributed by atoms with Gasteiger partial charge in [-0.2, -0.15) is 5.10 Å². The van der Waals surface area contributed by atoms with Crippen molar-refractivity contribution in [3.63, 3.8) is 0 Å². The van der Waals surface area contributed by atoms with Gasteiger partial charge in [0, 0.05) is 26.9 Å². The molecule has 0 spiro atoms. The van der Waals surface area contributed by atoms with E-state index in [1.54, 1.807) is 42.5 Å². The number of carbonyl (C=O) groups excluding carboxylic acids is 2. The standard InChI is InChI=1S/C24H21Cl2N3O3/c1-16-6-10-20(11-7-16)28-23(30)13-24(31)29-27-14-17-4-2-3-5-22(17)32-15-18-8-9-19(25)12-21(18)26/h2-12,14H,13,15H2,1H3,(H,28,30)(H,29,31). The number of nitrogens with one attached hydrogen (secondary N) is 2. The molecular weight excluding hydrogens is 449 g/mol. The number of amides is 2. The monoisotopic (exact) mass is 469 g/mol. The van der Waals surface area contributed by atoms with Crippen LogP contribution in [-0.2, 0) is 16.2 Å². The molecule has 2 amide bonds. The molecule has 0 aliphatic carbocycles. The second kappa shape index (κ2) is 11.3. The number of halogens is 2. The first-order valence-electron chi connectivity index (χ1n) is 9.75. The van der Waals surface area contributed by atoms with Crippen molar-refractivity contribution < 1.29 is 14.3 Å². The molecule has 6 nitrogen and oxygen atoms in total. The normalized spacial score (nSPS) is 10.7. The molecule has 0 aliphatic heterocycles. The molecule has 164 valence electrons. The van der Waals surface area contributed by atoms with Crippen LogP contribution in [0.1, 0.15) is 23.1 Å². The highest BCUT2D eigenvalue weighted by Crippen LogP contribution is 2.23. The summed E-state index contributed by atoms with van der Waals surface area (Å²) in [4.78, 5) is 24.0. The fraction of sp³-hybridized carbons (Fsp3) is 0.125.